The molecule has 1 amide bonds. The van der Waals surface area contributed by atoms with Crippen LogP contribution in [0.5, 0.6) is 5.75 Å². The third kappa shape index (κ3) is 3.70. The molecule has 0 radical (unpaired) electrons. The largest absolute Gasteiger partial charge is 0.497 e. The number of nitrogens with zero attached hydrogens (tertiary/aromatic N) is 1. The molecule has 1 aromatic rings. The van der Waals surface area contributed by atoms with Crippen LogP contribution in [-0.2, 0) is 11.3 Å². The van der Waals surface area contributed by atoms with Crippen LogP contribution < -0.4 is 10.5 Å². The third-order valence-corrected chi connectivity index (χ3v) is 4.33. The standard InChI is InChI=1S/C14H19BrN2O2/c1-19-12-4-5-13(15)11(7-12)9-17-6-2-3-10(8-17)14(16)18/h4-5,7,10H,2-3,6,8-9H2,1H3,(H2,16,18). The van der Waals surface area contributed by atoms with Crippen LogP contribution in [0.2, 0.25) is 0 Å². The van der Waals surface area contributed by atoms with Gasteiger partial charge in [-0.3, -0.25) is 9.69 Å². The summed E-state index contributed by atoms with van der Waals surface area (Å²) >= 11 is 3.56. The Morgan fingerprint density at radius 2 is 2.37 bits per heavy atom. The van der Waals surface area contributed by atoms with Gasteiger partial charge in [0.1, 0.15) is 5.75 Å². The van der Waals surface area contributed by atoms with Gasteiger partial charge in [-0.05, 0) is 43.1 Å². The lowest BCUT2D eigenvalue weighted by Gasteiger charge is -2.31. The summed E-state index contributed by atoms with van der Waals surface area (Å²) in [7, 11) is 1.66. The molecule has 104 valence electrons. The van der Waals surface area contributed by atoms with Crippen LogP contribution in [0.3, 0.4) is 0 Å². The Bertz CT molecular complexity index is 465. The molecule has 1 fully saturated rings. The maximum Gasteiger partial charge on any atom is 0.221 e. The van der Waals surface area contributed by atoms with Crippen molar-refractivity contribution in [3.8, 4) is 5.75 Å². The second kappa shape index (κ2) is 6.39. The molecule has 1 unspecified atom stereocenters. The monoisotopic (exact) mass is 326 g/mol. The number of likely N-dealkylation sites (tertiary alicyclic amines) is 1. The number of ether oxygens (including phenoxy) is 1. The van der Waals surface area contributed by atoms with Crippen LogP contribution in [0.15, 0.2) is 22.7 Å². The molecule has 0 spiro atoms. The Hall–Kier alpha value is -1.07. The maximum atomic E-state index is 11.3. The lowest BCUT2D eigenvalue weighted by atomic mass is 9.97. The van der Waals surface area contributed by atoms with Crippen LogP contribution in [-0.4, -0.2) is 31.0 Å². The fraction of sp³-hybridized carbons (Fsp3) is 0.500. The van der Waals surface area contributed by atoms with Gasteiger partial charge in [0.2, 0.25) is 5.91 Å². The zero-order valence-electron chi connectivity index (χ0n) is 11.1. The quantitative estimate of drug-likeness (QED) is 0.922. The van der Waals surface area contributed by atoms with Crippen molar-refractivity contribution in [2.45, 2.75) is 19.4 Å². The molecular weight excluding hydrogens is 308 g/mol. The van der Waals surface area contributed by atoms with Crippen LogP contribution in [0.4, 0.5) is 0 Å². The molecule has 1 heterocycles. The molecule has 0 aliphatic carbocycles. The number of carbonyl (C=O) groups is 1. The summed E-state index contributed by atoms with van der Waals surface area (Å²) < 4.78 is 6.31. The van der Waals surface area contributed by atoms with E-state index in [1.54, 1.807) is 7.11 Å². The number of benzene rings is 1. The highest BCUT2D eigenvalue weighted by molar-refractivity contribution is 9.10. The van der Waals surface area contributed by atoms with Gasteiger partial charge in [0.15, 0.2) is 0 Å². The third-order valence-electron chi connectivity index (χ3n) is 3.55. The summed E-state index contributed by atoms with van der Waals surface area (Å²) in [6.07, 6.45) is 1.93. The Labute approximate surface area is 122 Å². The number of piperidine rings is 1. The van der Waals surface area contributed by atoms with Crippen molar-refractivity contribution >= 4 is 21.8 Å². The van der Waals surface area contributed by atoms with E-state index >= 15 is 0 Å². The lowest BCUT2D eigenvalue weighted by molar-refractivity contribution is -0.123. The minimum Gasteiger partial charge on any atom is -0.497 e. The Morgan fingerprint density at radius 1 is 1.58 bits per heavy atom. The second-order valence-electron chi connectivity index (χ2n) is 4.93. The average molecular weight is 327 g/mol. The number of rotatable bonds is 4. The number of nitrogens with two attached hydrogens (primary N) is 1. The molecule has 4 nitrogen and oxygen atoms in total. The zero-order valence-corrected chi connectivity index (χ0v) is 12.6. The van der Waals surface area contributed by atoms with E-state index in [9.17, 15) is 4.79 Å². The van der Waals surface area contributed by atoms with E-state index in [0.717, 1.165) is 42.7 Å². The number of amides is 1. The number of primary amides is 1. The van der Waals surface area contributed by atoms with Crippen molar-refractivity contribution in [2.75, 3.05) is 20.2 Å². The molecule has 1 aliphatic rings. The number of carbonyl (C=O) groups excluding carboxylic acids is 1. The topological polar surface area (TPSA) is 55.6 Å². The van der Waals surface area contributed by atoms with Crippen molar-refractivity contribution in [2.24, 2.45) is 11.7 Å². The minimum absolute atomic E-state index is 0.0156. The fourth-order valence-electron chi connectivity index (χ4n) is 2.47. The highest BCUT2D eigenvalue weighted by atomic mass is 79.9. The summed E-state index contributed by atoms with van der Waals surface area (Å²) in [6.45, 7) is 2.56. The van der Waals surface area contributed by atoms with Gasteiger partial charge in [-0.25, -0.2) is 0 Å². The van der Waals surface area contributed by atoms with Crippen molar-refractivity contribution in [1.29, 1.82) is 0 Å². The van der Waals surface area contributed by atoms with Crippen LogP contribution in [0.25, 0.3) is 0 Å². The molecule has 1 atom stereocenters. The van der Waals surface area contributed by atoms with Gasteiger partial charge < -0.3 is 10.5 Å². The maximum absolute atomic E-state index is 11.3. The predicted octanol–water partition coefficient (Wildman–Crippen LogP) is 2.16. The summed E-state index contributed by atoms with van der Waals surface area (Å²) in [4.78, 5) is 13.6. The Morgan fingerprint density at radius 3 is 3.05 bits per heavy atom. The van der Waals surface area contributed by atoms with E-state index in [4.69, 9.17) is 10.5 Å². The first kappa shape index (κ1) is 14.3. The van der Waals surface area contributed by atoms with E-state index in [0.29, 0.717) is 0 Å². The Balaban J connectivity index is 2.06. The van der Waals surface area contributed by atoms with Crippen molar-refractivity contribution < 1.29 is 9.53 Å². The zero-order chi connectivity index (χ0) is 13.8. The lowest BCUT2D eigenvalue weighted by Crippen LogP contribution is -2.40. The number of methoxy groups -OCH3 is 1. The highest BCUT2D eigenvalue weighted by Crippen LogP contribution is 2.25. The SMILES string of the molecule is COc1ccc(Br)c(CN2CCCC(C(N)=O)C2)c1. The highest BCUT2D eigenvalue weighted by Gasteiger charge is 2.24. The first-order valence-corrected chi connectivity index (χ1v) is 7.23. The van der Waals surface area contributed by atoms with Crippen LogP contribution in [0, 0.1) is 5.92 Å². The van der Waals surface area contributed by atoms with Gasteiger partial charge in [-0.15, -0.1) is 0 Å². The number of halogens is 1. The number of hydrogen-bond acceptors (Lipinski definition) is 3. The van der Waals surface area contributed by atoms with E-state index < -0.39 is 0 Å². The molecule has 0 bridgehead atoms. The van der Waals surface area contributed by atoms with E-state index in [2.05, 4.69) is 20.8 Å². The molecule has 0 saturated carbocycles. The van der Waals surface area contributed by atoms with Gasteiger partial charge in [0.25, 0.3) is 0 Å². The van der Waals surface area contributed by atoms with Crippen molar-refractivity contribution in [3.63, 3.8) is 0 Å². The summed E-state index contributed by atoms with van der Waals surface area (Å²) in [5.41, 5.74) is 6.57. The average Bonchev–Trinajstić information content (AvgIpc) is 2.41. The molecule has 2 rings (SSSR count). The van der Waals surface area contributed by atoms with E-state index in [1.165, 1.54) is 5.56 Å². The smallest absolute Gasteiger partial charge is 0.221 e. The minimum atomic E-state index is -0.186. The fourth-order valence-corrected chi connectivity index (χ4v) is 2.84. The first-order valence-electron chi connectivity index (χ1n) is 6.44. The van der Waals surface area contributed by atoms with Gasteiger partial charge in [0, 0.05) is 17.6 Å². The van der Waals surface area contributed by atoms with Gasteiger partial charge in [-0.1, -0.05) is 15.9 Å². The number of hydrogen-bond donors (Lipinski definition) is 1. The summed E-state index contributed by atoms with van der Waals surface area (Å²) in [5, 5.41) is 0. The molecule has 19 heavy (non-hydrogen) atoms. The molecule has 5 heteroatoms. The van der Waals surface area contributed by atoms with E-state index in [1.807, 2.05) is 18.2 Å². The molecule has 0 aromatic heterocycles. The molecule has 1 saturated heterocycles. The normalized spacial score (nSPS) is 20.2. The molecule has 1 aliphatic heterocycles. The first-order chi connectivity index (χ1) is 9.10. The van der Waals surface area contributed by atoms with Gasteiger partial charge >= 0.3 is 0 Å². The van der Waals surface area contributed by atoms with Crippen LogP contribution in [0.1, 0.15) is 18.4 Å². The van der Waals surface area contributed by atoms with Crippen molar-refractivity contribution in [3.05, 3.63) is 28.2 Å². The molecule has 2 N–H and O–H groups in total. The summed E-state index contributed by atoms with van der Waals surface area (Å²) in [6, 6.07) is 5.94. The second-order valence-corrected chi connectivity index (χ2v) is 5.79. The summed E-state index contributed by atoms with van der Waals surface area (Å²) in [5.74, 6) is 0.647. The van der Waals surface area contributed by atoms with Crippen molar-refractivity contribution in [1.82, 2.24) is 4.90 Å². The van der Waals surface area contributed by atoms with E-state index in [-0.39, 0.29) is 11.8 Å². The molecule has 1 aromatic carbocycles. The predicted molar refractivity (Wildman–Crippen MR) is 77.9 cm³/mol. The van der Waals surface area contributed by atoms with Gasteiger partial charge in [-0.2, -0.15) is 0 Å². The van der Waals surface area contributed by atoms with Crippen LogP contribution >= 0.6 is 15.9 Å². The molecular formula is C14H19BrN2O2. The Kier molecular flexibility index (Phi) is 4.82. The van der Waals surface area contributed by atoms with Gasteiger partial charge in [0.05, 0.1) is 13.0 Å².